The summed E-state index contributed by atoms with van der Waals surface area (Å²) in [5.41, 5.74) is 6.83. The maximum atomic E-state index is 13.5. The quantitative estimate of drug-likeness (QED) is 0.946. The summed E-state index contributed by atoms with van der Waals surface area (Å²) < 4.78 is 13.5. The van der Waals surface area contributed by atoms with E-state index in [4.69, 9.17) is 5.73 Å². The predicted octanol–water partition coefficient (Wildman–Crippen LogP) is 2.96. The first kappa shape index (κ1) is 15.1. The molecular formula is C16H18FN3OS. The van der Waals surface area contributed by atoms with E-state index in [1.807, 2.05) is 6.07 Å². The third-order valence-corrected chi connectivity index (χ3v) is 4.82. The van der Waals surface area contributed by atoms with Gasteiger partial charge in [0.15, 0.2) is 0 Å². The zero-order valence-electron chi connectivity index (χ0n) is 12.3. The molecule has 2 N–H and O–H groups in total. The lowest BCUT2D eigenvalue weighted by Crippen LogP contribution is -2.31. The van der Waals surface area contributed by atoms with Crippen molar-refractivity contribution in [1.82, 2.24) is 9.88 Å². The standard InChI is InChI=1S/C16H18FN3OS/c1-10-5-14(11-3-2-4-12(17)6-11)20(8-10)16(21)13-9-22-15(7-18)19-13/h2-4,6,9-10,14H,5,7-8,18H2,1H3/t10-,14-/m1/s1. The van der Waals surface area contributed by atoms with Crippen molar-refractivity contribution in [3.05, 3.63) is 51.7 Å². The molecule has 1 fully saturated rings. The summed E-state index contributed by atoms with van der Waals surface area (Å²) in [6.07, 6.45) is 0.836. The molecule has 2 atom stereocenters. The van der Waals surface area contributed by atoms with Crippen molar-refractivity contribution >= 4 is 17.2 Å². The Morgan fingerprint density at radius 3 is 3.05 bits per heavy atom. The zero-order valence-corrected chi connectivity index (χ0v) is 13.1. The minimum atomic E-state index is -0.275. The highest BCUT2D eigenvalue weighted by Gasteiger charge is 2.35. The van der Waals surface area contributed by atoms with E-state index >= 15 is 0 Å². The largest absolute Gasteiger partial charge is 0.330 e. The van der Waals surface area contributed by atoms with Crippen molar-refractivity contribution < 1.29 is 9.18 Å². The van der Waals surface area contributed by atoms with Crippen LogP contribution in [0.1, 0.15) is 40.4 Å². The van der Waals surface area contributed by atoms with E-state index in [2.05, 4.69) is 11.9 Å². The van der Waals surface area contributed by atoms with Crippen LogP contribution in [-0.2, 0) is 6.54 Å². The van der Waals surface area contributed by atoms with Gasteiger partial charge in [0.1, 0.15) is 16.5 Å². The first-order chi connectivity index (χ1) is 10.6. The molecule has 22 heavy (non-hydrogen) atoms. The van der Waals surface area contributed by atoms with Crippen LogP contribution >= 0.6 is 11.3 Å². The number of hydrogen-bond donors (Lipinski definition) is 1. The van der Waals surface area contributed by atoms with E-state index in [1.54, 1.807) is 16.3 Å². The van der Waals surface area contributed by atoms with Gasteiger partial charge < -0.3 is 10.6 Å². The Bertz CT molecular complexity index is 688. The van der Waals surface area contributed by atoms with Crippen molar-refractivity contribution in [3.8, 4) is 0 Å². The van der Waals surface area contributed by atoms with Crippen LogP contribution in [0.3, 0.4) is 0 Å². The average Bonchev–Trinajstić information content (AvgIpc) is 3.13. The average molecular weight is 319 g/mol. The first-order valence-electron chi connectivity index (χ1n) is 7.29. The second-order valence-corrected chi connectivity index (χ2v) is 6.64. The molecule has 1 aliphatic rings. The van der Waals surface area contributed by atoms with Crippen LogP contribution in [0.15, 0.2) is 29.6 Å². The molecule has 2 heterocycles. The van der Waals surface area contributed by atoms with Crippen LogP contribution in [0.2, 0.25) is 0 Å². The molecule has 1 aromatic carbocycles. The summed E-state index contributed by atoms with van der Waals surface area (Å²) in [5, 5.41) is 2.49. The molecule has 4 nitrogen and oxygen atoms in total. The highest BCUT2D eigenvalue weighted by Crippen LogP contribution is 2.36. The van der Waals surface area contributed by atoms with Gasteiger partial charge in [0, 0.05) is 18.5 Å². The minimum absolute atomic E-state index is 0.0961. The van der Waals surface area contributed by atoms with Crippen LogP contribution in [0.5, 0.6) is 0 Å². The minimum Gasteiger partial charge on any atom is -0.330 e. The van der Waals surface area contributed by atoms with Gasteiger partial charge in [-0.15, -0.1) is 11.3 Å². The summed E-state index contributed by atoms with van der Waals surface area (Å²) in [7, 11) is 0. The van der Waals surface area contributed by atoms with Gasteiger partial charge in [-0.25, -0.2) is 9.37 Å². The van der Waals surface area contributed by atoms with Crippen molar-refractivity contribution in [2.75, 3.05) is 6.54 Å². The molecule has 6 heteroatoms. The van der Waals surface area contributed by atoms with Gasteiger partial charge in [-0.05, 0) is 30.0 Å². The summed E-state index contributed by atoms with van der Waals surface area (Å²) in [6.45, 7) is 3.10. The molecule has 0 spiro atoms. The number of benzene rings is 1. The fraction of sp³-hybridized carbons (Fsp3) is 0.375. The van der Waals surface area contributed by atoms with Gasteiger partial charge in [0.2, 0.25) is 0 Å². The molecule has 0 bridgehead atoms. The molecule has 1 aliphatic heterocycles. The molecule has 116 valence electrons. The Morgan fingerprint density at radius 1 is 1.55 bits per heavy atom. The third-order valence-electron chi connectivity index (χ3n) is 3.95. The SMILES string of the molecule is C[C@@H]1C[C@H](c2cccc(F)c2)N(C(=O)c2csc(CN)n2)C1. The topological polar surface area (TPSA) is 59.2 Å². The van der Waals surface area contributed by atoms with Crippen molar-refractivity contribution in [2.24, 2.45) is 11.7 Å². The second kappa shape index (κ2) is 6.14. The number of carbonyl (C=O) groups is 1. The lowest BCUT2D eigenvalue weighted by Gasteiger charge is -2.24. The second-order valence-electron chi connectivity index (χ2n) is 5.70. The summed E-state index contributed by atoms with van der Waals surface area (Å²) in [5.74, 6) is 0.00271. The number of nitrogens with two attached hydrogens (primary N) is 1. The third kappa shape index (κ3) is 2.89. The predicted molar refractivity (Wildman–Crippen MR) is 84.0 cm³/mol. The number of rotatable bonds is 3. The number of amides is 1. The maximum absolute atomic E-state index is 13.5. The Balaban J connectivity index is 1.88. The van der Waals surface area contributed by atoms with Crippen LogP contribution in [0.4, 0.5) is 4.39 Å². The fourth-order valence-corrected chi connectivity index (χ4v) is 3.60. The van der Waals surface area contributed by atoms with Gasteiger partial charge in [-0.3, -0.25) is 4.79 Å². The highest BCUT2D eigenvalue weighted by atomic mass is 32.1. The molecule has 0 saturated carbocycles. The molecule has 1 aromatic heterocycles. The monoisotopic (exact) mass is 319 g/mol. The Morgan fingerprint density at radius 2 is 2.36 bits per heavy atom. The lowest BCUT2D eigenvalue weighted by atomic mass is 10.0. The molecule has 1 saturated heterocycles. The number of hydrogen-bond acceptors (Lipinski definition) is 4. The van der Waals surface area contributed by atoms with E-state index in [9.17, 15) is 9.18 Å². The molecule has 2 aromatic rings. The van der Waals surface area contributed by atoms with Gasteiger partial charge in [-0.1, -0.05) is 19.1 Å². The Labute approximate surface area is 132 Å². The molecule has 3 rings (SSSR count). The van der Waals surface area contributed by atoms with Gasteiger partial charge in [-0.2, -0.15) is 0 Å². The Hall–Kier alpha value is -1.79. The van der Waals surface area contributed by atoms with E-state index in [-0.39, 0.29) is 17.8 Å². The fourth-order valence-electron chi connectivity index (χ4n) is 2.95. The van der Waals surface area contributed by atoms with Crippen molar-refractivity contribution in [1.29, 1.82) is 0 Å². The van der Waals surface area contributed by atoms with Crippen LogP contribution in [-0.4, -0.2) is 22.3 Å². The number of thiazole rings is 1. The van der Waals surface area contributed by atoms with Crippen molar-refractivity contribution in [3.63, 3.8) is 0 Å². The normalized spacial score (nSPS) is 21.3. The maximum Gasteiger partial charge on any atom is 0.273 e. The van der Waals surface area contributed by atoms with Gasteiger partial charge in [0.05, 0.1) is 6.04 Å². The van der Waals surface area contributed by atoms with Gasteiger partial charge >= 0.3 is 0 Å². The Kier molecular flexibility index (Phi) is 4.22. The smallest absolute Gasteiger partial charge is 0.273 e. The lowest BCUT2D eigenvalue weighted by molar-refractivity contribution is 0.0726. The molecule has 0 aliphatic carbocycles. The zero-order chi connectivity index (χ0) is 15.7. The van der Waals surface area contributed by atoms with Crippen LogP contribution < -0.4 is 5.73 Å². The van der Waals surface area contributed by atoms with Crippen molar-refractivity contribution in [2.45, 2.75) is 25.9 Å². The van der Waals surface area contributed by atoms with Gasteiger partial charge in [0.25, 0.3) is 5.91 Å². The van der Waals surface area contributed by atoms with E-state index < -0.39 is 0 Å². The molecule has 0 radical (unpaired) electrons. The highest BCUT2D eigenvalue weighted by molar-refractivity contribution is 7.09. The van der Waals surface area contributed by atoms with E-state index in [1.165, 1.54) is 23.5 Å². The molecule has 0 unspecified atom stereocenters. The summed E-state index contributed by atoms with van der Waals surface area (Å²) in [6, 6.07) is 6.39. The first-order valence-corrected chi connectivity index (χ1v) is 8.17. The number of halogens is 1. The summed E-state index contributed by atoms with van der Waals surface area (Å²) in [4.78, 5) is 18.8. The van der Waals surface area contributed by atoms with E-state index in [0.29, 0.717) is 24.7 Å². The van der Waals surface area contributed by atoms with Crippen LogP contribution in [0, 0.1) is 11.7 Å². The molecule has 1 amide bonds. The summed E-state index contributed by atoms with van der Waals surface area (Å²) >= 11 is 1.39. The number of likely N-dealkylation sites (tertiary alicyclic amines) is 1. The molecular weight excluding hydrogens is 301 g/mol. The van der Waals surface area contributed by atoms with E-state index in [0.717, 1.165) is 17.0 Å². The number of aromatic nitrogens is 1. The number of nitrogens with zero attached hydrogens (tertiary/aromatic N) is 2. The van der Waals surface area contributed by atoms with Crippen LogP contribution in [0.25, 0.3) is 0 Å². The number of carbonyl (C=O) groups excluding carboxylic acids is 1.